The molecule has 3 heterocycles. The van der Waals surface area contributed by atoms with Gasteiger partial charge >= 0.3 is 0 Å². The number of imidazole rings is 2. The van der Waals surface area contributed by atoms with E-state index in [9.17, 15) is 0 Å². The molecular formula is C16H25N5. The summed E-state index contributed by atoms with van der Waals surface area (Å²) >= 11 is 0. The van der Waals surface area contributed by atoms with E-state index in [-0.39, 0.29) is 0 Å². The first-order chi connectivity index (χ1) is 10.1. The van der Waals surface area contributed by atoms with Gasteiger partial charge in [-0.1, -0.05) is 13.8 Å². The smallest absolute Gasteiger partial charge is 0.109 e. The molecule has 1 aliphatic heterocycles. The zero-order chi connectivity index (χ0) is 14.8. The van der Waals surface area contributed by atoms with Crippen molar-refractivity contribution in [3.05, 3.63) is 35.9 Å². The summed E-state index contributed by atoms with van der Waals surface area (Å²) < 4.78 is 4.63. The molecule has 0 spiro atoms. The highest BCUT2D eigenvalue weighted by Gasteiger charge is 2.23. The topological polar surface area (TPSA) is 47.7 Å². The van der Waals surface area contributed by atoms with E-state index in [0.717, 1.165) is 32.5 Å². The van der Waals surface area contributed by atoms with Crippen LogP contribution in [0.5, 0.6) is 0 Å². The van der Waals surface area contributed by atoms with Crippen LogP contribution in [0.2, 0.25) is 0 Å². The van der Waals surface area contributed by atoms with E-state index in [0.29, 0.717) is 12.0 Å². The first-order valence-corrected chi connectivity index (χ1v) is 7.90. The van der Waals surface area contributed by atoms with Gasteiger partial charge in [0, 0.05) is 50.6 Å². The molecule has 0 bridgehead atoms. The van der Waals surface area contributed by atoms with E-state index in [2.05, 4.69) is 40.2 Å². The van der Waals surface area contributed by atoms with Crippen molar-refractivity contribution in [1.29, 1.82) is 0 Å². The van der Waals surface area contributed by atoms with Gasteiger partial charge in [-0.3, -0.25) is 0 Å². The molecule has 1 N–H and O–H groups in total. The van der Waals surface area contributed by atoms with Gasteiger partial charge in [-0.05, 0) is 12.8 Å². The van der Waals surface area contributed by atoms with Crippen LogP contribution >= 0.6 is 0 Å². The molecule has 1 aliphatic rings. The van der Waals surface area contributed by atoms with Crippen LogP contribution in [-0.4, -0.2) is 25.6 Å². The molecule has 21 heavy (non-hydrogen) atoms. The maximum atomic E-state index is 4.92. The van der Waals surface area contributed by atoms with Gasteiger partial charge in [-0.2, -0.15) is 0 Å². The quantitative estimate of drug-likeness (QED) is 0.917. The van der Waals surface area contributed by atoms with Gasteiger partial charge < -0.3 is 14.5 Å². The maximum absolute atomic E-state index is 4.92. The van der Waals surface area contributed by atoms with Crippen molar-refractivity contribution in [3.8, 4) is 0 Å². The van der Waals surface area contributed by atoms with Crippen LogP contribution in [0.25, 0.3) is 0 Å². The Balaban J connectivity index is 1.92. The third-order valence-corrected chi connectivity index (χ3v) is 4.06. The Labute approximate surface area is 126 Å². The van der Waals surface area contributed by atoms with Crippen LogP contribution in [-0.2, 0) is 25.9 Å². The van der Waals surface area contributed by atoms with Crippen molar-refractivity contribution in [2.45, 2.75) is 52.7 Å². The van der Waals surface area contributed by atoms with Crippen molar-refractivity contribution in [2.24, 2.45) is 5.92 Å². The van der Waals surface area contributed by atoms with E-state index in [1.165, 1.54) is 17.2 Å². The summed E-state index contributed by atoms with van der Waals surface area (Å²) in [6.45, 7) is 9.71. The Morgan fingerprint density at radius 1 is 1.33 bits per heavy atom. The largest absolute Gasteiger partial charge is 0.335 e. The molecule has 3 rings (SSSR count). The van der Waals surface area contributed by atoms with Crippen LogP contribution in [0.3, 0.4) is 0 Å². The molecule has 2 aromatic heterocycles. The van der Waals surface area contributed by atoms with Gasteiger partial charge in [0.2, 0.25) is 0 Å². The first kappa shape index (κ1) is 14.3. The minimum Gasteiger partial charge on any atom is -0.335 e. The minimum absolute atomic E-state index is 0.405. The minimum atomic E-state index is 0.405. The SMILES string of the molecule is CC(C)Cc1nc2c(n1C(C)Cn1ccnc1)CCNC2. The summed E-state index contributed by atoms with van der Waals surface area (Å²) in [4.78, 5) is 9.06. The average molecular weight is 287 g/mol. The average Bonchev–Trinajstić information content (AvgIpc) is 3.04. The molecule has 2 aromatic rings. The highest BCUT2D eigenvalue weighted by atomic mass is 15.2. The molecule has 0 saturated heterocycles. The molecule has 0 radical (unpaired) electrons. The summed E-state index contributed by atoms with van der Waals surface area (Å²) in [7, 11) is 0. The van der Waals surface area contributed by atoms with Gasteiger partial charge in [-0.15, -0.1) is 0 Å². The fraction of sp³-hybridized carbons (Fsp3) is 0.625. The van der Waals surface area contributed by atoms with Gasteiger partial charge in [0.25, 0.3) is 0 Å². The Kier molecular flexibility index (Phi) is 4.10. The summed E-state index contributed by atoms with van der Waals surface area (Å²) in [5.74, 6) is 1.87. The second-order valence-corrected chi connectivity index (χ2v) is 6.42. The predicted octanol–water partition coefficient (Wildman–Crippen LogP) is 2.18. The number of hydrogen-bond donors (Lipinski definition) is 1. The van der Waals surface area contributed by atoms with Gasteiger partial charge in [0.05, 0.1) is 18.1 Å². The Morgan fingerprint density at radius 3 is 2.90 bits per heavy atom. The van der Waals surface area contributed by atoms with Crippen molar-refractivity contribution in [1.82, 2.24) is 24.4 Å². The van der Waals surface area contributed by atoms with Gasteiger partial charge in [0.15, 0.2) is 0 Å². The van der Waals surface area contributed by atoms with Crippen molar-refractivity contribution < 1.29 is 0 Å². The molecule has 0 aromatic carbocycles. The number of fused-ring (bicyclic) bond motifs is 1. The number of nitrogens with one attached hydrogen (secondary N) is 1. The fourth-order valence-electron chi connectivity index (χ4n) is 3.20. The van der Waals surface area contributed by atoms with Gasteiger partial charge in [-0.25, -0.2) is 9.97 Å². The van der Waals surface area contributed by atoms with Crippen LogP contribution in [0.1, 0.15) is 44.0 Å². The molecule has 1 atom stereocenters. The molecule has 5 nitrogen and oxygen atoms in total. The molecular weight excluding hydrogens is 262 g/mol. The fourth-order valence-corrected chi connectivity index (χ4v) is 3.20. The molecule has 0 saturated carbocycles. The molecule has 1 unspecified atom stereocenters. The Bertz CT molecular complexity index is 582. The zero-order valence-corrected chi connectivity index (χ0v) is 13.2. The van der Waals surface area contributed by atoms with Crippen LogP contribution in [0, 0.1) is 5.92 Å². The van der Waals surface area contributed by atoms with Crippen molar-refractivity contribution in [3.63, 3.8) is 0 Å². The monoisotopic (exact) mass is 287 g/mol. The summed E-state index contributed by atoms with van der Waals surface area (Å²) in [5.41, 5.74) is 2.67. The Morgan fingerprint density at radius 2 is 2.19 bits per heavy atom. The maximum Gasteiger partial charge on any atom is 0.109 e. The molecule has 114 valence electrons. The Hall–Kier alpha value is -1.62. The summed E-state index contributed by atoms with van der Waals surface area (Å²) in [5, 5.41) is 3.43. The summed E-state index contributed by atoms with van der Waals surface area (Å²) in [6.07, 6.45) is 7.89. The standard InChI is InChI=1S/C16H25N5/c1-12(2)8-16-19-14-9-17-5-4-15(14)21(16)13(3)10-20-7-6-18-11-20/h6-7,11-13,17H,4-5,8-10H2,1-3H3. The van der Waals surface area contributed by atoms with E-state index < -0.39 is 0 Å². The van der Waals surface area contributed by atoms with Crippen molar-refractivity contribution >= 4 is 0 Å². The molecule has 0 fully saturated rings. The second kappa shape index (κ2) is 6.02. The van der Waals surface area contributed by atoms with Crippen molar-refractivity contribution in [2.75, 3.05) is 6.54 Å². The van der Waals surface area contributed by atoms with E-state index in [4.69, 9.17) is 4.98 Å². The lowest BCUT2D eigenvalue weighted by Crippen LogP contribution is -2.26. The second-order valence-electron chi connectivity index (χ2n) is 6.42. The molecule has 0 aliphatic carbocycles. The lowest BCUT2D eigenvalue weighted by atomic mass is 10.1. The normalized spacial score (nSPS) is 16.2. The van der Waals surface area contributed by atoms with Crippen LogP contribution in [0.4, 0.5) is 0 Å². The predicted molar refractivity (Wildman–Crippen MR) is 83.1 cm³/mol. The lowest BCUT2D eigenvalue weighted by Gasteiger charge is -2.22. The number of rotatable bonds is 5. The number of nitrogens with zero attached hydrogens (tertiary/aromatic N) is 4. The highest BCUT2D eigenvalue weighted by molar-refractivity contribution is 5.21. The zero-order valence-electron chi connectivity index (χ0n) is 13.2. The molecule has 5 heteroatoms. The third kappa shape index (κ3) is 3.02. The molecule has 0 amide bonds. The van der Waals surface area contributed by atoms with E-state index >= 15 is 0 Å². The van der Waals surface area contributed by atoms with E-state index in [1.807, 2.05) is 18.7 Å². The summed E-state index contributed by atoms with van der Waals surface area (Å²) in [6, 6.07) is 0.405. The van der Waals surface area contributed by atoms with Crippen LogP contribution < -0.4 is 5.32 Å². The third-order valence-electron chi connectivity index (χ3n) is 4.06. The first-order valence-electron chi connectivity index (χ1n) is 7.90. The lowest BCUT2D eigenvalue weighted by molar-refractivity contribution is 0.424. The van der Waals surface area contributed by atoms with Crippen LogP contribution in [0.15, 0.2) is 18.7 Å². The highest BCUT2D eigenvalue weighted by Crippen LogP contribution is 2.24. The van der Waals surface area contributed by atoms with Gasteiger partial charge in [0.1, 0.15) is 5.82 Å². The van der Waals surface area contributed by atoms with E-state index in [1.54, 1.807) is 0 Å². The number of hydrogen-bond acceptors (Lipinski definition) is 3. The number of aromatic nitrogens is 4.